The minimum atomic E-state index is -0.918. The van der Waals surface area contributed by atoms with Crippen LogP contribution in [0.2, 0.25) is 0 Å². The van der Waals surface area contributed by atoms with E-state index in [1.807, 2.05) is 50.5 Å². The Bertz CT molecular complexity index is 1070. The summed E-state index contributed by atoms with van der Waals surface area (Å²) in [5, 5.41) is 19.0. The zero-order valence-electron chi connectivity index (χ0n) is 17.6. The number of aryl methyl sites for hydroxylation is 2. The maximum absolute atomic E-state index is 12.4. The van der Waals surface area contributed by atoms with Gasteiger partial charge >= 0.3 is 0 Å². The second-order valence-electron chi connectivity index (χ2n) is 8.09. The molecule has 0 saturated carbocycles. The van der Waals surface area contributed by atoms with Crippen LogP contribution in [0.15, 0.2) is 41.3 Å². The molecular weight excluding hydrogens is 378 g/mol. The average molecular weight is 408 g/mol. The van der Waals surface area contributed by atoms with E-state index < -0.39 is 5.60 Å². The van der Waals surface area contributed by atoms with Gasteiger partial charge in [-0.05, 0) is 70.2 Å². The Morgan fingerprint density at radius 3 is 2.80 bits per heavy atom. The summed E-state index contributed by atoms with van der Waals surface area (Å²) in [6.45, 7) is 2.70. The van der Waals surface area contributed by atoms with Gasteiger partial charge in [-0.2, -0.15) is 5.10 Å². The number of rotatable bonds is 8. The fraction of sp³-hybridized carbons (Fsp3) is 0.435. The van der Waals surface area contributed by atoms with Crippen LogP contribution in [0.25, 0.3) is 5.95 Å². The normalized spacial score (nSPS) is 15.2. The number of aromatic amines is 1. The predicted molar refractivity (Wildman–Crippen MR) is 116 cm³/mol. The number of benzene rings is 1. The van der Waals surface area contributed by atoms with Gasteiger partial charge in [0.15, 0.2) is 0 Å². The number of nitrogens with zero attached hydrogens (tertiary/aromatic N) is 3. The average Bonchev–Trinajstić information content (AvgIpc) is 3.38. The maximum atomic E-state index is 12.4. The number of fused-ring (bicyclic) bond motifs is 1. The minimum Gasteiger partial charge on any atom is -0.385 e. The first-order chi connectivity index (χ1) is 14.5. The van der Waals surface area contributed by atoms with Gasteiger partial charge in [-0.3, -0.25) is 9.78 Å². The van der Waals surface area contributed by atoms with E-state index in [0.717, 1.165) is 53.9 Å². The third-order valence-electron chi connectivity index (χ3n) is 6.15. The van der Waals surface area contributed by atoms with Crippen LogP contribution >= 0.6 is 0 Å². The standard InChI is InChI=1S/C23H29N5O2/c1-16-17(11-12-23(30,13-14-24-2)18-7-4-3-5-8-18)15-25-28(16)22-26-20-10-6-9-19(20)21(29)27-22/h3-5,7-8,15,24,30H,6,9-14H2,1-2H3,(H,26,27,29). The number of hydrogen-bond donors (Lipinski definition) is 3. The Morgan fingerprint density at radius 2 is 2.03 bits per heavy atom. The molecule has 4 rings (SSSR count). The molecule has 3 N–H and O–H groups in total. The van der Waals surface area contributed by atoms with E-state index in [1.54, 1.807) is 4.68 Å². The summed E-state index contributed by atoms with van der Waals surface area (Å²) in [6, 6.07) is 9.83. The predicted octanol–water partition coefficient (Wildman–Crippen LogP) is 2.18. The van der Waals surface area contributed by atoms with E-state index in [4.69, 9.17) is 0 Å². The largest absolute Gasteiger partial charge is 0.385 e. The first-order valence-electron chi connectivity index (χ1n) is 10.6. The molecule has 0 spiro atoms. The molecule has 0 saturated heterocycles. The van der Waals surface area contributed by atoms with E-state index in [1.165, 1.54) is 0 Å². The Balaban J connectivity index is 1.57. The highest BCUT2D eigenvalue weighted by Gasteiger charge is 2.29. The highest BCUT2D eigenvalue weighted by molar-refractivity contribution is 5.30. The zero-order valence-corrected chi connectivity index (χ0v) is 17.6. The summed E-state index contributed by atoms with van der Waals surface area (Å²) in [6.07, 6.45) is 6.31. The summed E-state index contributed by atoms with van der Waals surface area (Å²) in [7, 11) is 1.89. The fourth-order valence-corrected chi connectivity index (χ4v) is 4.27. The van der Waals surface area contributed by atoms with Gasteiger partial charge in [0.1, 0.15) is 0 Å². The Morgan fingerprint density at radius 1 is 1.23 bits per heavy atom. The molecule has 0 bridgehead atoms. The van der Waals surface area contributed by atoms with Crippen molar-refractivity contribution in [2.75, 3.05) is 13.6 Å². The van der Waals surface area contributed by atoms with Crippen molar-refractivity contribution in [3.8, 4) is 5.95 Å². The van der Waals surface area contributed by atoms with Crippen molar-refractivity contribution < 1.29 is 5.11 Å². The Hall–Kier alpha value is -2.77. The molecule has 1 atom stereocenters. The van der Waals surface area contributed by atoms with Gasteiger partial charge in [-0.1, -0.05) is 30.3 Å². The molecule has 0 amide bonds. The number of hydrogen-bond acceptors (Lipinski definition) is 5. The van der Waals surface area contributed by atoms with Crippen molar-refractivity contribution in [2.45, 2.75) is 51.0 Å². The fourth-order valence-electron chi connectivity index (χ4n) is 4.27. The molecule has 0 aliphatic heterocycles. The summed E-state index contributed by atoms with van der Waals surface area (Å²) in [5.74, 6) is 0.470. The van der Waals surface area contributed by atoms with Gasteiger partial charge in [-0.15, -0.1) is 0 Å². The molecular formula is C23H29N5O2. The first-order valence-corrected chi connectivity index (χ1v) is 10.6. The van der Waals surface area contributed by atoms with E-state index in [0.29, 0.717) is 25.2 Å². The van der Waals surface area contributed by atoms with Gasteiger partial charge in [0, 0.05) is 11.3 Å². The molecule has 2 aromatic heterocycles. The van der Waals surface area contributed by atoms with Crippen LogP contribution in [-0.4, -0.2) is 38.4 Å². The molecule has 158 valence electrons. The van der Waals surface area contributed by atoms with Crippen LogP contribution in [0.4, 0.5) is 0 Å². The quantitative estimate of drug-likeness (QED) is 0.532. The molecule has 1 aromatic carbocycles. The molecule has 1 aliphatic rings. The third-order valence-corrected chi connectivity index (χ3v) is 6.15. The van der Waals surface area contributed by atoms with Crippen LogP contribution in [0, 0.1) is 6.92 Å². The van der Waals surface area contributed by atoms with Crippen molar-refractivity contribution >= 4 is 0 Å². The van der Waals surface area contributed by atoms with Gasteiger partial charge in [0.05, 0.1) is 17.5 Å². The topological polar surface area (TPSA) is 95.8 Å². The van der Waals surface area contributed by atoms with E-state index in [2.05, 4.69) is 20.4 Å². The Kier molecular flexibility index (Phi) is 5.83. The van der Waals surface area contributed by atoms with Crippen LogP contribution in [0.1, 0.15) is 47.3 Å². The molecule has 1 unspecified atom stereocenters. The smallest absolute Gasteiger partial charge is 0.255 e. The lowest BCUT2D eigenvalue weighted by molar-refractivity contribution is 0.0195. The number of aromatic nitrogens is 4. The molecule has 1 aliphatic carbocycles. The summed E-state index contributed by atoms with van der Waals surface area (Å²) >= 11 is 0. The number of aliphatic hydroxyl groups is 1. The van der Waals surface area contributed by atoms with Crippen LogP contribution in [0.3, 0.4) is 0 Å². The lowest BCUT2D eigenvalue weighted by Gasteiger charge is -2.29. The van der Waals surface area contributed by atoms with E-state index in [-0.39, 0.29) is 5.56 Å². The molecule has 0 radical (unpaired) electrons. The Labute approximate surface area is 176 Å². The highest BCUT2D eigenvalue weighted by Crippen LogP contribution is 2.30. The van der Waals surface area contributed by atoms with Crippen LogP contribution in [-0.2, 0) is 24.9 Å². The summed E-state index contributed by atoms with van der Waals surface area (Å²) in [5.41, 5.74) is 3.61. The molecule has 0 fully saturated rings. The van der Waals surface area contributed by atoms with Gasteiger partial charge in [0.2, 0.25) is 5.95 Å². The summed E-state index contributed by atoms with van der Waals surface area (Å²) in [4.78, 5) is 19.9. The number of H-pyrrole nitrogens is 1. The highest BCUT2D eigenvalue weighted by atomic mass is 16.3. The van der Waals surface area contributed by atoms with Crippen LogP contribution in [0.5, 0.6) is 0 Å². The first kappa shape index (κ1) is 20.5. The van der Waals surface area contributed by atoms with E-state index in [9.17, 15) is 9.90 Å². The summed E-state index contributed by atoms with van der Waals surface area (Å²) < 4.78 is 1.70. The van der Waals surface area contributed by atoms with Crippen molar-refractivity contribution in [3.05, 3.63) is 75.0 Å². The van der Waals surface area contributed by atoms with Crippen molar-refractivity contribution in [3.63, 3.8) is 0 Å². The van der Waals surface area contributed by atoms with Gasteiger partial charge in [-0.25, -0.2) is 9.67 Å². The molecule has 7 nitrogen and oxygen atoms in total. The number of nitrogens with one attached hydrogen (secondary N) is 2. The van der Waals surface area contributed by atoms with Crippen molar-refractivity contribution in [1.29, 1.82) is 0 Å². The van der Waals surface area contributed by atoms with E-state index >= 15 is 0 Å². The second-order valence-corrected chi connectivity index (χ2v) is 8.09. The molecule has 2 heterocycles. The van der Waals surface area contributed by atoms with Crippen LogP contribution < -0.4 is 10.9 Å². The minimum absolute atomic E-state index is 0.0607. The third kappa shape index (κ3) is 3.95. The van der Waals surface area contributed by atoms with Crippen molar-refractivity contribution in [2.24, 2.45) is 0 Å². The lowest BCUT2D eigenvalue weighted by atomic mass is 9.85. The lowest BCUT2D eigenvalue weighted by Crippen LogP contribution is -2.30. The maximum Gasteiger partial charge on any atom is 0.255 e. The molecule has 3 aromatic rings. The molecule has 7 heteroatoms. The SMILES string of the molecule is CNCCC(O)(CCc1cnn(-c2nc3c(c(=O)[nH]2)CCC3)c1C)c1ccccc1. The zero-order chi connectivity index (χ0) is 21.1. The molecule has 30 heavy (non-hydrogen) atoms. The van der Waals surface area contributed by atoms with Gasteiger partial charge in [0.25, 0.3) is 5.56 Å². The van der Waals surface area contributed by atoms with Gasteiger partial charge < -0.3 is 10.4 Å². The van der Waals surface area contributed by atoms with Crippen molar-refractivity contribution in [1.82, 2.24) is 25.1 Å². The monoisotopic (exact) mass is 407 g/mol. The second kappa shape index (κ2) is 8.53.